The van der Waals surface area contributed by atoms with E-state index in [4.69, 9.17) is 13.9 Å². The molecule has 4 rings (SSSR count). The van der Waals surface area contributed by atoms with Gasteiger partial charge in [-0.25, -0.2) is 0 Å². The summed E-state index contributed by atoms with van der Waals surface area (Å²) >= 11 is 0. The minimum Gasteiger partial charge on any atom is -0.493 e. The summed E-state index contributed by atoms with van der Waals surface area (Å²) in [5.41, 5.74) is 0.908. The van der Waals surface area contributed by atoms with Gasteiger partial charge < -0.3 is 13.9 Å². The van der Waals surface area contributed by atoms with Gasteiger partial charge in [0.2, 0.25) is 11.8 Å². The SMILES string of the molecule is c1ccc(Oc2ccc(OCCc3nnc(-c4ccccc4)o3)cc2)cc1. The minimum atomic E-state index is 0.454. The van der Waals surface area contributed by atoms with Crippen LogP contribution in [0.2, 0.25) is 0 Å². The van der Waals surface area contributed by atoms with E-state index in [0.717, 1.165) is 22.8 Å². The van der Waals surface area contributed by atoms with Gasteiger partial charge in [0.15, 0.2) is 0 Å². The number of nitrogens with zero attached hydrogens (tertiary/aromatic N) is 2. The van der Waals surface area contributed by atoms with Crippen LogP contribution in [-0.2, 0) is 6.42 Å². The summed E-state index contributed by atoms with van der Waals surface area (Å²) in [6.07, 6.45) is 0.544. The number of rotatable bonds is 7. The van der Waals surface area contributed by atoms with Crippen molar-refractivity contribution < 1.29 is 13.9 Å². The third-order valence-electron chi connectivity index (χ3n) is 3.87. The predicted octanol–water partition coefficient (Wildman–Crippen LogP) is 5.15. The van der Waals surface area contributed by atoms with E-state index in [1.165, 1.54) is 0 Å². The number of para-hydroxylation sites is 1. The molecule has 1 heterocycles. The number of hydrogen-bond donors (Lipinski definition) is 0. The van der Waals surface area contributed by atoms with Crippen molar-refractivity contribution in [1.29, 1.82) is 0 Å². The van der Waals surface area contributed by atoms with Crippen LogP contribution in [0.1, 0.15) is 5.89 Å². The predicted molar refractivity (Wildman–Crippen MR) is 102 cm³/mol. The van der Waals surface area contributed by atoms with Gasteiger partial charge >= 0.3 is 0 Å². The van der Waals surface area contributed by atoms with Crippen LogP contribution in [0.25, 0.3) is 11.5 Å². The van der Waals surface area contributed by atoms with E-state index in [0.29, 0.717) is 24.8 Å². The Morgan fingerprint density at radius 1 is 0.667 bits per heavy atom. The van der Waals surface area contributed by atoms with Crippen LogP contribution in [0.4, 0.5) is 0 Å². The highest BCUT2D eigenvalue weighted by Crippen LogP contribution is 2.23. The van der Waals surface area contributed by atoms with Gasteiger partial charge in [-0.05, 0) is 48.5 Å². The Labute approximate surface area is 157 Å². The Bertz CT molecular complexity index is 967. The molecule has 4 aromatic rings. The zero-order chi connectivity index (χ0) is 18.3. The largest absolute Gasteiger partial charge is 0.493 e. The van der Waals surface area contributed by atoms with E-state index in [-0.39, 0.29) is 0 Å². The third kappa shape index (κ3) is 4.52. The average molecular weight is 358 g/mol. The maximum atomic E-state index is 5.76. The van der Waals surface area contributed by atoms with Crippen LogP contribution in [0.5, 0.6) is 17.2 Å². The lowest BCUT2D eigenvalue weighted by molar-refractivity contribution is 0.306. The molecule has 0 bridgehead atoms. The third-order valence-corrected chi connectivity index (χ3v) is 3.87. The van der Waals surface area contributed by atoms with Crippen LogP contribution in [0.15, 0.2) is 89.3 Å². The highest BCUT2D eigenvalue weighted by molar-refractivity contribution is 5.51. The number of hydrogen-bond acceptors (Lipinski definition) is 5. The normalized spacial score (nSPS) is 10.5. The summed E-state index contributed by atoms with van der Waals surface area (Å²) in [5.74, 6) is 3.40. The Morgan fingerprint density at radius 3 is 2.04 bits per heavy atom. The molecule has 3 aromatic carbocycles. The van der Waals surface area contributed by atoms with Crippen LogP contribution < -0.4 is 9.47 Å². The molecule has 134 valence electrons. The lowest BCUT2D eigenvalue weighted by atomic mass is 10.2. The van der Waals surface area contributed by atoms with Crippen molar-refractivity contribution in [2.24, 2.45) is 0 Å². The molecule has 0 saturated carbocycles. The number of ether oxygens (including phenoxy) is 2. The molecule has 0 saturated heterocycles. The first-order valence-corrected chi connectivity index (χ1v) is 8.70. The maximum Gasteiger partial charge on any atom is 0.247 e. The molecule has 0 amide bonds. The molecule has 0 aliphatic rings. The summed E-state index contributed by atoms with van der Waals surface area (Å²) in [7, 11) is 0. The second-order valence-corrected chi connectivity index (χ2v) is 5.85. The Balaban J connectivity index is 1.29. The first-order chi connectivity index (χ1) is 13.4. The summed E-state index contributed by atoms with van der Waals surface area (Å²) in [6.45, 7) is 0.454. The second kappa shape index (κ2) is 8.19. The average Bonchev–Trinajstić information content (AvgIpc) is 3.20. The standard InChI is InChI=1S/C22H18N2O3/c1-3-7-17(8-4-1)22-24-23-21(27-22)15-16-25-18-11-13-20(14-12-18)26-19-9-5-2-6-10-19/h1-14H,15-16H2. The van der Waals surface area contributed by atoms with Gasteiger partial charge in [0, 0.05) is 5.56 Å². The molecule has 5 nitrogen and oxygen atoms in total. The van der Waals surface area contributed by atoms with Crippen molar-refractivity contribution in [2.75, 3.05) is 6.61 Å². The fourth-order valence-corrected chi connectivity index (χ4v) is 2.54. The van der Waals surface area contributed by atoms with Crippen molar-refractivity contribution >= 4 is 0 Å². The van der Waals surface area contributed by atoms with Crippen molar-refractivity contribution in [3.63, 3.8) is 0 Å². The van der Waals surface area contributed by atoms with Crippen LogP contribution >= 0.6 is 0 Å². The molecule has 0 atom stereocenters. The number of benzene rings is 3. The van der Waals surface area contributed by atoms with Crippen molar-refractivity contribution in [3.8, 4) is 28.7 Å². The zero-order valence-electron chi connectivity index (χ0n) is 14.6. The first kappa shape index (κ1) is 16.8. The Hall–Kier alpha value is -3.60. The van der Waals surface area contributed by atoms with Gasteiger partial charge in [-0.2, -0.15) is 0 Å². The second-order valence-electron chi connectivity index (χ2n) is 5.85. The van der Waals surface area contributed by atoms with E-state index in [1.807, 2.05) is 84.9 Å². The minimum absolute atomic E-state index is 0.454. The van der Waals surface area contributed by atoms with E-state index in [2.05, 4.69) is 10.2 Å². The fourth-order valence-electron chi connectivity index (χ4n) is 2.54. The van der Waals surface area contributed by atoms with Crippen molar-refractivity contribution in [3.05, 3.63) is 90.8 Å². The maximum absolute atomic E-state index is 5.76. The molecule has 5 heteroatoms. The van der Waals surface area contributed by atoms with Crippen molar-refractivity contribution in [2.45, 2.75) is 6.42 Å². The summed E-state index contributed by atoms with van der Waals surface area (Å²) in [6, 6.07) is 26.9. The van der Waals surface area contributed by atoms with Gasteiger partial charge in [-0.1, -0.05) is 36.4 Å². The Morgan fingerprint density at radius 2 is 1.30 bits per heavy atom. The molecule has 0 N–H and O–H groups in total. The molecular weight excluding hydrogens is 340 g/mol. The molecule has 0 unspecified atom stereocenters. The summed E-state index contributed by atoms with van der Waals surface area (Å²) in [5, 5.41) is 8.14. The van der Waals surface area contributed by atoms with Crippen LogP contribution in [0.3, 0.4) is 0 Å². The van der Waals surface area contributed by atoms with Gasteiger partial charge in [0.1, 0.15) is 17.2 Å². The topological polar surface area (TPSA) is 57.4 Å². The summed E-state index contributed by atoms with van der Waals surface area (Å²) in [4.78, 5) is 0. The molecule has 27 heavy (non-hydrogen) atoms. The van der Waals surface area contributed by atoms with E-state index >= 15 is 0 Å². The smallest absolute Gasteiger partial charge is 0.247 e. The van der Waals surface area contributed by atoms with Gasteiger partial charge in [-0.15, -0.1) is 10.2 Å². The molecule has 1 aromatic heterocycles. The molecule has 0 aliphatic heterocycles. The molecule has 0 spiro atoms. The van der Waals surface area contributed by atoms with Gasteiger partial charge in [0.05, 0.1) is 13.0 Å². The van der Waals surface area contributed by atoms with E-state index in [1.54, 1.807) is 0 Å². The highest BCUT2D eigenvalue weighted by Gasteiger charge is 2.08. The fraction of sp³-hybridized carbons (Fsp3) is 0.0909. The molecule has 0 aliphatic carbocycles. The van der Waals surface area contributed by atoms with Gasteiger partial charge in [-0.3, -0.25) is 0 Å². The number of aromatic nitrogens is 2. The first-order valence-electron chi connectivity index (χ1n) is 8.70. The lowest BCUT2D eigenvalue weighted by Gasteiger charge is -2.07. The molecule has 0 fully saturated rings. The monoisotopic (exact) mass is 358 g/mol. The van der Waals surface area contributed by atoms with Crippen LogP contribution in [0, 0.1) is 0 Å². The molecular formula is C22H18N2O3. The van der Waals surface area contributed by atoms with E-state index < -0.39 is 0 Å². The Kier molecular flexibility index (Phi) is 5.11. The van der Waals surface area contributed by atoms with Gasteiger partial charge in [0.25, 0.3) is 0 Å². The lowest BCUT2D eigenvalue weighted by Crippen LogP contribution is -2.01. The summed E-state index contributed by atoms with van der Waals surface area (Å²) < 4.78 is 17.2. The van der Waals surface area contributed by atoms with Crippen LogP contribution in [-0.4, -0.2) is 16.8 Å². The highest BCUT2D eigenvalue weighted by atomic mass is 16.5. The quantitative estimate of drug-likeness (QED) is 0.457. The molecule has 0 radical (unpaired) electrons. The zero-order valence-corrected chi connectivity index (χ0v) is 14.6. The van der Waals surface area contributed by atoms with Crippen molar-refractivity contribution in [1.82, 2.24) is 10.2 Å². The van der Waals surface area contributed by atoms with E-state index in [9.17, 15) is 0 Å².